The Labute approximate surface area is 128 Å². The van der Waals surface area contributed by atoms with Gasteiger partial charge in [0.25, 0.3) is 0 Å². The number of carbonyl (C=O) groups excluding carboxylic acids is 1. The van der Waals surface area contributed by atoms with E-state index in [1.807, 2.05) is 24.3 Å². The monoisotopic (exact) mass is 387 g/mol. The molecule has 0 unspecified atom stereocenters. The zero-order chi connectivity index (χ0) is 13.7. The van der Waals surface area contributed by atoms with Crippen molar-refractivity contribution in [3.8, 4) is 0 Å². The van der Waals surface area contributed by atoms with Crippen molar-refractivity contribution in [2.75, 3.05) is 11.1 Å². The van der Waals surface area contributed by atoms with E-state index < -0.39 is 0 Å². The molecule has 0 saturated carbocycles. The number of anilines is 1. The maximum Gasteiger partial charge on any atom is 0.234 e. The molecule has 0 aliphatic carbocycles. The van der Waals surface area contributed by atoms with Crippen molar-refractivity contribution < 1.29 is 9.18 Å². The summed E-state index contributed by atoms with van der Waals surface area (Å²) in [7, 11) is 0. The Morgan fingerprint density at radius 1 is 1.16 bits per heavy atom. The molecule has 2 aromatic rings. The van der Waals surface area contributed by atoms with Crippen molar-refractivity contribution in [3.63, 3.8) is 0 Å². The van der Waals surface area contributed by atoms with Gasteiger partial charge in [-0.05, 0) is 59.0 Å². The second-order valence-electron chi connectivity index (χ2n) is 3.77. The number of para-hydroxylation sites is 1. The molecule has 0 aliphatic heterocycles. The molecule has 0 radical (unpaired) electrons. The zero-order valence-corrected chi connectivity index (χ0v) is 12.9. The van der Waals surface area contributed by atoms with E-state index in [-0.39, 0.29) is 11.7 Å². The van der Waals surface area contributed by atoms with E-state index in [0.29, 0.717) is 5.75 Å². The van der Waals surface area contributed by atoms with Crippen molar-refractivity contribution >= 4 is 45.9 Å². The van der Waals surface area contributed by atoms with E-state index >= 15 is 0 Å². The van der Waals surface area contributed by atoms with E-state index in [4.69, 9.17) is 0 Å². The van der Waals surface area contributed by atoms with Crippen molar-refractivity contribution in [3.05, 3.63) is 57.9 Å². The Balaban J connectivity index is 1.88. The van der Waals surface area contributed by atoms with Crippen LogP contribution in [-0.4, -0.2) is 11.7 Å². The van der Waals surface area contributed by atoms with Gasteiger partial charge in [0.1, 0.15) is 5.82 Å². The summed E-state index contributed by atoms with van der Waals surface area (Å²) in [5.41, 5.74) is 0.813. The van der Waals surface area contributed by atoms with Crippen molar-refractivity contribution in [1.29, 1.82) is 0 Å². The summed E-state index contributed by atoms with van der Waals surface area (Å²) < 4.78 is 13.7. The molecule has 0 aromatic heterocycles. The van der Waals surface area contributed by atoms with Crippen molar-refractivity contribution in [2.24, 2.45) is 0 Å². The Morgan fingerprint density at radius 2 is 1.84 bits per heavy atom. The van der Waals surface area contributed by atoms with Crippen molar-refractivity contribution in [1.82, 2.24) is 0 Å². The molecule has 0 heterocycles. The van der Waals surface area contributed by atoms with Crippen LogP contribution < -0.4 is 5.32 Å². The largest absolute Gasteiger partial charge is 0.324 e. The van der Waals surface area contributed by atoms with Crippen molar-refractivity contribution in [2.45, 2.75) is 4.90 Å². The molecule has 0 spiro atoms. The van der Waals surface area contributed by atoms with Crippen LogP contribution in [-0.2, 0) is 4.79 Å². The Bertz CT molecular complexity index is 574. The van der Waals surface area contributed by atoms with Crippen LogP contribution in [0.15, 0.2) is 53.4 Å². The number of hydrogen-bond donors (Lipinski definition) is 1. The first-order valence-corrected chi connectivity index (χ1v) is 7.64. The number of carbonyl (C=O) groups is 1. The van der Waals surface area contributed by atoms with Gasteiger partial charge in [-0.1, -0.05) is 12.1 Å². The lowest BCUT2D eigenvalue weighted by molar-refractivity contribution is -0.113. The van der Waals surface area contributed by atoms with Crippen LogP contribution in [0.25, 0.3) is 0 Å². The molecular weight excluding hydrogens is 376 g/mol. The van der Waals surface area contributed by atoms with Gasteiger partial charge in [-0.3, -0.25) is 4.79 Å². The summed E-state index contributed by atoms with van der Waals surface area (Å²) in [6.07, 6.45) is 0. The quantitative estimate of drug-likeness (QED) is 0.631. The van der Waals surface area contributed by atoms with E-state index in [1.54, 1.807) is 12.1 Å². The normalized spacial score (nSPS) is 10.2. The lowest BCUT2D eigenvalue weighted by Crippen LogP contribution is -2.14. The molecule has 0 atom stereocenters. The Hall–Kier alpha value is -1.08. The molecule has 1 N–H and O–H groups in total. The molecule has 0 saturated heterocycles. The van der Waals surface area contributed by atoms with Gasteiger partial charge in [0.15, 0.2) is 0 Å². The minimum Gasteiger partial charge on any atom is -0.324 e. The first kappa shape index (κ1) is 14.3. The van der Waals surface area contributed by atoms with E-state index in [1.165, 1.54) is 23.9 Å². The van der Waals surface area contributed by atoms with Crippen LogP contribution in [0.5, 0.6) is 0 Å². The zero-order valence-electron chi connectivity index (χ0n) is 9.90. The summed E-state index contributed by atoms with van der Waals surface area (Å²) in [6.45, 7) is 0. The summed E-state index contributed by atoms with van der Waals surface area (Å²) >= 11 is 3.56. The third-order valence-corrected chi connectivity index (χ3v) is 4.28. The lowest BCUT2D eigenvalue weighted by Gasteiger charge is -2.07. The molecule has 2 rings (SSSR count). The second kappa shape index (κ2) is 6.91. The van der Waals surface area contributed by atoms with Crippen LogP contribution in [0.2, 0.25) is 0 Å². The molecule has 0 bridgehead atoms. The number of rotatable bonds is 4. The smallest absolute Gasteiger partial charge is 0.234 e. The maximum absolute atomic E-state index is 12.7. The molecule has 0 fully saturated rings. The van der Waals surface area contributed by atoms with Gasteiger partial charge in [0.05, 0.1) is 11.4 Å². The highest BCUT2D eigenvalue weighted by atomic mass is 127. The molecule has 1 amide bonds. The standard InChI is InChI=1S/C14H11FINOS/c15-10-5-7-11(8-6-10)19-9-14(18)17-13-4-2-1-3-12(13)16/h1-8H,9H2,(H,17,18). The summed E-state index contributed by atoms with van der Waals surface area (Å²) in [4.78, 5) is 12.7. The fourth-order valence-electron chi connectivity index (χ4n) is 1.43. The van der Waals surface area contributed by atoms with Crippen LogP contribution in [0.3, 0.4) is 0 Å². The van der Waals surface area contributed by atoms with E-state index in [0.717, 1.165) is 14.2 Å². The first-order chi connectivity index (χ1) is 9.15. The van der Waals surface area contributed by atoms with Gasteiger partial charge < -0.3 is 5.32 Å². The average Bonchev–Trinajstić information content (AvgIpc) is 2.41. The van der Waals surface area contributed by atoms with Crippen LogP contribution in [0.1, 0.15) is 0 Å². The number of benzene rings is 2. The second-order valence-corrected chi connectivity index (χ2v) is 5.98. The van der Waals surface area contributed by atoms with E-state index in [2.05, 4.69) is 27.9 Å². The molecule has 19 heavy (non-hydrogen) atoms. The molecule has 0 aliphatic rings. The highest BCUT2D eigenvalue weighted by molar-refractivity contribution is 14.1. The predicted molar refractivity (Wildman–Crippen MR) is 84.9 cm³/mol. The number of hydrogen-bond acceptors (Lipinski definition) is 2. The van der Waals surface area contributed by atoms with Crippen LogP contribution >= 0.6 is 34.4 Å². The first-order valence-electron chi connectivity index (χ1n) is 5.58. The number of nitrogens with one attached hydrogen (secondary N) is 1. The van der Waals surface area contributed by atoms with Gasteiger partial charge in [0, 0.05) is 8.47 Å². The highest BCUT2D eigenvalue weighted by Gasteiger charge is 2.05. The third-order valence-electron chi connectivity index (χ3n) is 2.33. The minimum absolute atomic E-state index is 0.0709. The Kier molecular flexibility index (Phi) is 5.21. The number of thioether (sulfide) groups is 1. The van der Waals surface area contributed by atoms with Gasteiger partial charge >= 0.3 is 0 Å². The summed E-state index contributed by atoms with van der Waals surface area (Å²) in [5.74, 6) is -0.0394. The summed E-state index contributed by atoms with van der Waals surface area (Å²) in [6, 6.07) is 13.7. The molecular formula is C14H11FINOS. The number of amides is 1. The number of halogens is 2. The average molecular weight is 387 g/mol. The van der Waals surface area contributed by atoms with Gasteiger partial charge in [0.2, 0.25) is 5.91 Å². The van der Waals surface area contributed by atoms with E-state index in [9.17, 15) is 9.18 Å². The van der Waals surface area contributed by atoms with Crippen LogP contribution in [0.4, 0.5) is 10.1 Å². The third kappa shape index (κ3) is 4.50. The van der Waals surface area contributed by atoms with Gasteiger partial charge in [-0.25, -0.2) is 4.39 Å². The Morgan fingerprint density at radius 3 is 2.53 bits per heavy atom. The SMILES string of the molecule is O=C(CSc1ccc(F)cc1)Nc1ccccc1I. The maximum atomic E-state index is 12.7. The van der Waals surface area contributed by atoms with Gasteiger partial charge in [-0.15, -0.1) is 11.8 Å². The topological polar surface area (TPSA) is 29.1 Å². The van der Waals surface area contributed by atoms with Crippen LogP contribution in [0, 0.1) is 9.39 Å². The fourth-order valence-corrected chi connectivity index (χ4v) is 2.65. The molecule has 2 nitrogen and oxygen atoms in total. The van der Waals surface area contributed by atoms with Gasteiger partial charge in [-0.2, -0.15) is 0 Å². The fraction of sp³-hybridized carbons (Fsp3) is 0.0714. The minimum atomic E-state index is -0.271. The lowest BCUT2D eigenvalue weighted by atomic mass is 10.3. The molecule has 5 heteroatoms. The predicted octanol–water partition coefficient (Wildman–Crippen LogP) is 4.16. The molecule has 2 aromatic carbocycles. The molecule has 98 valence electrons. The highest BCUT2D eigenvalue weighted by Crippen LogP contribution is 2.20. The summed E-state index contributed by atoms with van der Waals surface area (Å²) in [5, 5.41) is 2.85.